The summed E-state index contributed by atoms with van der Waals surface area (Å²) in [5.74, 6) is -4.06. The van der Waals surface area contributed by atoms with Crippen LogP contribution < -0.4 is 10.6 Å². The second-order valence-electron chi connectivity index (χ2n) is 8.01. The van der Waals surface area contributed by atoms with E-state index in [1.165, 1.54) is 12.1 Å². The molecule has 0 unspecified atom stereocenters. The van der Waals surface area contributed by atoms with E-state index in [2.05, 4.69) is 5.32 Å². The van der Waals surface area contributed by atoms with Crippen LogP contribution in [-0.2, 0) is 4.79 Å². The lowest BCUT2D eigenvalue weighted by molar-refractivity contribution is -0.659. The summed E-state index contributed by atoms with van der Waals surface area (Å²) in [7, 11) is 0. The minimum absolute atomic E-state index is 0.149. The standard InChI is InChI=1S/C22H22F4N2O/c23-16-9-19(27-12-16)21(29)28-20(13-4-2-1-3-5-13)14-6-7-17(18(24)8-14)15-10-22(25,26)11-15/h1-8,15-16,19-20,27H,9-12H2,(H,28,29)/p+1/t16-,19+,20+/m1/s1. The van der Waals surface area contributed by atoms with Crippen LogP contribution in [0.25, 0.3) is 0 Å². The number of nitrogens with one attached hydrogen (secondary N) is 1. The number of amides is 1. The number of hydrogen-bond donors (Lipinski definition) is 2. The number of halogens is 4. The molecule has 154 valence electrons. The topological polar surface area (TPSA) is 45.7 Å². The predicted octanol–water partition coefficient (Wildman–Crippen LogP) is 3.22. The molecule has 2 fully saturated rings. The fourth-order valence-electron chi connectivity index (χ4n) is 4.18. The minimum Gasteiger partial charge on any atom is -0.340 e. The molecule has 3 atom stereocenters. The van der Waals surface area contributed by atoms with Crippen molar-refractivity contribution in [2.45, 2.75) is 49.4 Å². The molecule has 0 radical (unpaired) electrons. The van der Waals surface area contributed by atoms with Crippen LogP contribution in [0.3, 0.4) is 0 Å². The molecule has 2 aliphatic rings. The highest BCUT2D eigenvalue weighted by molar-refractivity contribution is 5.81. The normalized spacial score (nSPS) is 24.7. The smallest absolute Gasteiger partial charge is 0.279 e. The highest BCUT2D eigenvalue weighted by atomic mass is 19.3. The van der Waals surface area contributed by atoms with Crippen molar-refractivity contribution in [3.05, 3.63) is 71.0 Å². The first-order valence-corrected chi connectivity index (χ1v) is 9.82. The molecule has 3 nitrogen and oxygen atoms in total. The van der Waals surface area contributed by atoms with Crippen LogP contribution in [0.1, 0.15) is 47.9 Å². The number of rotatable bonds is 5. The lowest BCUT2D eigenvalue weighted by atomic mass is 9.76. The van der Waals surface area contributed by atoms with Crippen molar-refractivity contribution in [2.75, 3.05) is 6.54 Å². The molecule has 1 aliphatic heterocycles. The maximum atomic E-state index is 14.7. The van der Waals surface area contributed by atoms with Crippen molar-refractivity contribution in [3.8, 4) is 0 Å². The Labute approximate surface area is 166 Å². The van der Waals surface area contributed by atoms with Crippen LogP contribution in [0.15, 0.2) is 48.5 Å². The quantitative estimate of drug-likeness (QED) is 0.735. The molecule has 2 aromatic carbocycles. The third-order valence-electron chi connectivity index (χ3n) is 5.83. The van der Waals surface area contributed by atoms with Crippen molar-refractivity contribution < 1.29 is 27.7 Å². The van der Waals surface area contributed by atoms with Crippen molar-refractivity contribution in [1.29, 1.82) is 0 Å². The first-order chi connectivity index (χ1) is 13.8. The molecule has 1 saturated carbocycles. The molecule has 1 saturated heterocycles. The average molecular weight is 407 g/mol. The first-order valence-electron chi connectivity index (χ1n) is 9.82. The van der Waals surface area contributed by atoms with Gasteiger partial charge in [-0.1, -0.05) is 42.5 Å². The Morgan fingerprint density at radius 3 is 2.41 bits per heavy atom. The Morgan fingerprint density at radius 1 is 1.10 bits per heavy atom. The summed E-state index contributed by atoms with van der Waals surface area (Å²) in [6.45, 7) is 0.253. The van der Waals surface area contributed by atoms with Crippen LogP contribution in [0, 0.1) is 5.82 Å². The van der Waals surface area contributed by atoms with Gasteiger partial charge in [0.1, 0.15) is 12.4 Å². The van der Waals surface area contributed by atoms with Crippen LogP contribution in [0.4, 0.5) is 17.6 Å². The van der Waals surface area contributed by atoms with Gasteiger partial charge in [0, 0.05) is 19.3 Å². The van der Waals surface area contributed by atoms with Crippen molar-refractivity contribution >= 4 is 5.91 Å². The fraction of sp³-hybridized carbons (Fsp3) is 0.409. The maximum Gasteiger partial charge on any atom is 0.279 e. The first kappa shape index (κ1) is 19.9. The highest BCUT2D eigenvalue weighted by Crippen LogP contribution is 2.49. The molecule has 29 heavy (non-hydrogen) atoms. The molecular formula is C22H23F4N2O+. The number of carbonyl (C=O) groups is 1. The van der Waals surface area contributed by atoms with Gasteiger partial charge in [-0.2, -0.15) is 0 Å². The Kier molecular flexibility index (Phi) is 5.34. The van der Waals surface area contributed by atoms with Gasteiger partial charge in [0.15, 0.2) is 12.2 Å². The van der Waals surface area contributed by atoms with Gasteiger partial charge in [-0.15, -0.1) is 0 Å². The maximum absolute atomic E-state index is 14.7. The van der Waals surface area contributed by atoms with Crippen molar-refractivity contribution in [3.63, 3.8) is 0 Å². The Hall–Kier alpha value is -2.41. The fourth-order valence-corrected chi connectivity index (χ4v) is 4.18. The third-order valence-corrected chi connectivity index (χ3v) is 5.83. The zero-order chi connectivity index (χ0) is 20.6. The van der Waals surface area contributed by atoms with E-state index in [-0.39, 0.29) is 37.3 Å². The SMILES string of the molecule is O=C(N[C@@H](c1ccccc1)c1ccc(C2CC(F)(F)C2)c(F)c1)[C@@H]1C[C@@H](F)C[NH2+]1. The van der Waals surface area contributed by atoms with E-state index in [4.69, 9.17) is 0 Å². The number of quaternary nitrogens is 1. The lowest BCUT2D eigenvalue weighted by Gasteiger charge is -2.35. The van der Waals surface area contributed by atoms with Gasteiger partial charge < -0.3 is 10.6 Å². The lowest BCUT2D eigenvalue weighted by Crippen LogP contribution is -2.89. The summed E-state index contributed by atoms with van der Waals surface area (Å²) in [5, 5.41) is 4.57. The summed E-state index contributed by atoms with van der Waals surface area (Å²) in [6, 6.07) is 12.5. The van der Waals surface area contributed by atoms with Gasteiger partial charge in [-0.3, -0.25) is 4.79 Å². The minimum atomic E-state index is -2.72. The number of alkyl halides is 3. The van der Waals surface area contributed by atoms with Gasteiger partial charge in [-0.05, 0) is 28.7 Å². The Balaban J connectivity index is 1.58. The zero-order valence-corrected chi connectivity index (χ0v) is 15.8. The molecule has 0 bridgehead atoms. The molecular weight excluding hydrogens is 384 g/mol. The van der Waals surface area contributed by atoms with E-state index in [0.717, 1.165) is 5.56 Å². The molecule has 2 aromatic rings. The molecule has 1 aliphatic carbocycles. The van der Waals surface area contributed by atoms with E-state index in [9.17, 15) is 22.4 Å². The summed E-state index contributed by atoms with van der Waals surface area (Å²) >= 11 is 0. The molecule has 7 heteroatoms. The molecule has 3 N–H and O–H groups in total. The van der Waals surface area contributed by atoms with Crippen LogP contribution in [0.5, 0.6) is 0 Å². The van der Waals surface area contributed by atoms with Crippen molar-refractivity contribution in [2.24, 2.45) is 0 Å². The second-order valence-corrected chi connectivity index (χ2v) is 8.01. The van der Waals surface area contributed by atoms with Crippen LogP contribution in [-0.4, -0.2) is 30.6 Å². The van der Waals surface area contributed by atoms with Gasteiger partial charge >= 0.3 is 0 Å². The number of hydrogen-bond acceptors (Lipinski definition) is 1. The van der Waals surface area contributed by atoms with Gasteiger partial charge in [-0.25, -0.2) is 17.6 Å². The van der Waals surface area contributed by atoms with E-state index >= 15 is 0 Å². The molecule has 1 heterocycles. The van der Waals surface area contributed by atoms with Crippen LogP contribution in [0.2, 0.25) is 0 Å². The Bertz CT molecular complexity index is 882. The van der Waals surface area contributed by atoms with Crippen molar-refractivity contribution in [1.82, 2.24) is 5.32 Å². The van der Waals surface area contributed by atoms with Gasteiger partial charge in [0.05, 0.1) is 6.04 Å². The molecule has 4 rings (SSSR count). The number of carbonyl (C=O) groups excluding carboxylic acids is 1. The zero-order valence-electron chi connectivity index (χ0n) is 15.8. The van der Waals surface area contributed by atoms with E-state index in [1.54, 1.807) is 11.4 Å². The predicted molar refractivity (Wildman–Crippen MR) is 99.8 cm³/mol. The summed E-state index contributed by atoms with van der Waals surface area (Å²) < 4.78 is 54.5. The van der Waals surface area contributed by atoms with E-state index in [0.29, 0.717) is 5.56 Å². The van der Waals surface area contributed by atoms with E-state index in [1.807, 2.05) is 30.3 Å². The van der Waals surface area contributed by atoms with Gasteiger partial charge in [0.25, 0.3) is 5.91 Å². The summed E-state index contributed by atoms with van der Waals surface area (Å²) in [4.78, 5) is 12.6. The largest absolute Gasteiger partial charge is 0.340 e. The van der Waals surface area contributed by atoms with Crippen LogP contribution >= 0.6 is 0 Å². The summed E-state index contributed by atoms with van der Waals surface area (Å²) in [6.07, 6.45) is -1.55. The number of nitrogens with two attached hydrogens (primary N) is 1. The summed E-state index contributed by atoms with van der Waals surface area (Å²) in [5.41, 5.74) is 1.56. The van der Waals surface area contributed by atoms with Gasteiger partial charge in [0.2, 0.25) is 5.92 Å². The monoisotopic (exact) mass is 407 g/mol. The third kappa shape index (κ3) is 4.29. The average Bonchev–Trinajstić information content (AvgIpc) is 3.11. The molecule has 0 aromatic heterocycles. The number of benzene rings is 2. The Morgan fingerprint density at radius 2 is 1.83 bits per heavy atom. The van der Waals surface area contributed by atoms with E-state index < -0.39 is 35.9 Å². The molecule has 0 spiro atoms. The highest BCUT2D eigenvalue weighted by Gasteiger charge is 2.46. The second kappa shape index (κ2) is 7.78. The molecule has 1 amide bonds.